The normalized spacial score (nSPS) is 14.2. The Bertz CT molecular complexity index is 635. The minimum Gasteiger partial charge on any atom is -0.351 e. The zero-order valence-corrected chi connectivity index (χ0v) is 16.8. The summed E-state index contributed by atoms with van der Waals surface area (Å²) >= 11 is 1.58. The highest BCUT2D eigenvalue weighted by Crippen LogP contribution is 2.18. The number of piperazine rings is 1. The molecule has 0 unspecified atom stereocenters. The molecule has 0 saturated carbocycles. The van der Waals surface area contributed by atoms with Crippen molar-refractivity contribution >= 4 is 42.5 Å². The third-order valence-electron chi connectivity index (χ3n) is 3.91. The van der Waals surface area contributed by atoms with Crippen LogP contribution in [0.15, 0.2) is 35.7 Å². The van der Waals surface area contributed by atoms with Crippen LogP contribution < -0.4 is 10.6 Å². The predicted octanol–water partition coefficient (Wildman–Crippen LogP) is 1.58. The number of halogens is 2. The van der Waals surface area contributed by atoms with E-state index in [0.29, 0.717) is 12.1 Å². The minimum absolute atomic E-state index is 0. The number of nitrogens with zero attached hydrogens (tertiary/aromatic N) is 3. The van der Waals surface area contributed by atoms with E-state index in [4.69, 9.17) is 0 Å². The van der Waals surface area contributed by atoms with Gasteiger partial charge in [-0.3, -0.25) is 14.8 Å². The number of benzene rings is 1. The molecule has 0 atom stereocenters. The molecular formula is C16H24Cl2N6OS. The van der Waals surface area contributed by atoms with Crippen LogP contribution in [0.2, 0.25) is 0 Å². The zero-order chi connectivity index (χ0) is 16.6. The van der Waals surface area contributed by atoms with E-state index >= 15 is 0 Å². The van der Waals surface area contributed by atoms with E-state index in [1.165, 1.54) is 6.33 Å². The highest BCUT2D eigenvalue weighted by molar-refractivity contribution is 7.98. The van der Waals surface area contributed by atoms with E-state index in [1.807, 2.05) is 24.3 Å². The lowest BCUT2D eigenvalue weighted by atomic mass is 10.1. The van der Waals surface area contributed by atoms with Gasteiger partial charge in [0.2, 0.25) is 0 Å². The molecule has 1 fully saturated rings. The summed E-state index contributed by atoms with van der Waals surface area (Å²) in [5, 5.41) is 13.7. The lowest BCUT2D eigenvalue weighted by Gasteiger charge is -2.27. The molecular weight excluding hydrogens is 395 g/mol. The molecule has 26 heavy (non-hydrogen) atoms. The van der Waals surface area contributed by atoms with Crippen LogP contribution in [0.4, 0.5) is 0 Å². The van der Waals surface area contributed by atoms with Crippen LogP contribution in [0.5, 0.6) is 0 Å². The van der Waals surface area contributed by atoms with Crippen molar-refractivity contribution in [2.45, 2.75) is 10.9 Å². The molecule has 0 aliphatic carbocycles. The summed E-state index contributed by atoms with van der Waals surface area (Å²) in [5.41, 5.74) is 1.84. The van der Waals surface area contributed by atoms with Crippen molar-refractivity contribution in [2.75, 3.05) is 39.3 Å². The molecule has 2 heterocycles. The molecule has 0 spiro atoms. The van der Waals surface area contributed by atoms with Crippen LogP contribution in [0.1, 0.15) is 15.9 Å². The largest absolute Gasteiger partial charge is 0.351 e. The molecule has 7 nitrogen and oxygen atoms in total. The second kappa shape index (κ2) is 12.1. The fraction of sp³-hybridized carbons (Fsp3) is 0.438. The van der Waals surface area contributed by atoms with Crippen molar-refractivity contribution in [3.8, 4) is 0 Å². The smallest absolute Gasteiger partial charge is 0.251 e. The van der Waals surface area contributed by atoms with Gasteiger partial charge in [0, 0.05) is 50.6 Å². The topological polar surface area (TPSA) is 85.9 Å². The van der Waals surface area contributed by atoms with E-state index in [2.05, 4.69) is 30.7 Å². The summed E-state index contributed by atoms with van der Waals surface area (Å²) in [4.78, 5) is 18.6. The van der Waals surface area contributed by atoms with Crippen molar-refractivity contribution in [3.63, 3.8) is 0 Å². The Morgan fingerprint density at radius 1 is 1.19 bits per heavy atom. The Labute approximate surface area is 169 Å². The molecule has 3 rings (SSSR count). The van der Waals surface area contributed by atoms with Crippen molar-refractivity contribution in [3.05, 3.63) is 41.7 Å². The van der Waals surface area contributed by atoms with Gasteiger partial charge in [0.25, 0.3) is 5.91 Å². The average Bonchev–Trinajstić information content (AvgIpc) is 3.15. The summed E-state index contributed by atoms with van der Waals surface area (Å²) in [5.74, 6) is 0.777. The molecule has 10 heteroatoms. The van der Waals surface area contributed by atoms with E-state index in [0.717, 1.165) is 49.2 Å². The molecule has 2 aromatic rings. The summed E-state index contributed by atoms with van der Waals surface area (Å²) in [6.07, 6.45) is 1.50. The third-order valence-corrected chi connectivity index (χ3v) is 4.86. The second-order valence-corrected chi connectivity index (χ2v) is 6.59. The molecule has 1 aliphatic rings. The monoisotopic (exact) mass is 418 g/mol. The van der Waals surface area contributed by atoms with Crippen molar-refractivity contribution in [2.24, 2.45) is 0 Å². The molecule has 1 amide bonds. The van der Waals surface area contributed by atoms with Crippen LogP contribution in [0.3, 0.4) is 0 Å². The quantitative estimate of drug-likeness (QED) is 0.591. The summed E-state index contributed by atoms with van der Waals surface area (Å²) in [6, 6.07) is 7.70. The first-order chi connectivity index (χ1) is 11.8. The Hall–Kier alpha value is -1.32. The predicted molar refractivity (Wildman–Crippen MR) is 109 cm³/mol. The number of hydrogen-bond acceptors (Lipinski definition) is 6. The van der Waals surface area contributed by atoms with Gasteiger partial charge < -0.3 is 10.6 Å². The first-order valence-electron chi connectivity index (χ1n) is 8.09. The van der Waals surface area contributed by atoms with Crippen LogP contribution in [0, 0.1) is 0 Å². The first kappa shape index (κ1) is 22.7. The zero-order valence-electron chi connectivity index (χ0n) is 14.3. The molecule has 144 valence electrons. The van der Waals surface area contributed by atoms with Crippen LogP contribution in [-0.2, 0) is 5.75 Å². The number of nitrogens with one attached hydrogen (secondary N) is 3. The van der Waals surface area contributed by atoms with Gasteiger partial charge in [-0.15, -0.1) is 24.8 Å². The van der Waals surface area contributed by atoms with Gasteiger partial charge >= 0.3 is 0 Å². The van der Waals surface area contributed by atoms with Crippen LogP contribution >= 0.6 is 36.6 Å². The maximum atomic E-state index is 12.2. The van der Waals surface area contributed by atoms with Crippen molar-refractivity contribution < 1.29 is 4.79 Å². The standard InChI is InChI=1S/C16H22N6OS.2ClH/c23-15(18-7-10-22-8-5-17-6-9-22)14-3-1-13(2-4-14)11-24-16-19-12-20-21-16;;/h1-4,12,17H,5-11H2,(H,18,23)(H,19,20,21);2*1H. The number of carbonyl (C=O) groups excluding carboxylic acids is 1. The highest BCUT2D eigenvalue weighted by atomic mass is 35.5. The Balaban J connectivity index is 0.00000169. The molecule has 3 N–H and O–H groups in total. The molecule has 1 saturated heterocycles. The lowest BCUT2D eigenvalue weighted by molar-refractivity contribution is 0.0947. The first-order valence-corrected chi connectivity index (χ1v) is 9.08. The summed E-state index contributed by atoms with van der Waals surface area (Å²) < 4.78 is 0. The Morgan fingerprint density at radius 3 is 2.58 bits per heavy atom. The number of rotatable bonds is 7. The van der Waals surface area contributed by atoms with Crippen LogP contribution in [-0.4, -0.2) is 65.3 Å². The van der Waals surface area contributed by atoms with Gasteiger partial charge in [-0.2, -0.15) is 5.10 Å². The third kappa shape index (κ3) is 7.13. The van der Waals surface area contributed by atoms with Gasteiger partial charge in [0.1, 0.15) is 6.33 Å². The molecule has 0 bridgehead atoms. The number of aromatic amines is 1. The average molecular weight is 419 g/mol. The molecule has 1 aromatic carbocycles. The number of carbonyl (C=O) groups is 1. The SMILES string of the molecule is Cl.Cl.O=C(NCCN1CCNCC1)c1ccc(CSc2ncn[nH]2)cc1. The number of aromatic nitrogens is 3. The number of amides is 1. The maximum Gasteiger partial charge on any atom is 0.251 e. The minimum atomic E-state index is -0.0143. The van der Waals surface area contributed by atoms with E-state index in [1.54, 1.807) is 11.8 Å². The Kier molecular flexibility index (Phi) is 10.6. The van der Waals surface area contributed by atoms with Crippen molar-refractivity contribution in [1.29, 1.82) is 0 Å². The highest BCUT2D eigenvalue weighted by Gasteiger charge is 2.10. The summed E-state index contributed by atoms with van der Waals surface area (Å²) in [7, 11) is 0. The fourth-order valence-electron chi connectivity index (χ4n) is 2.53. The second-order valence-electron chi connectivity index (χ2n) is 5.62. The Morgan fingerprint density at radius 2 is 1.92 bits per heavy atom. The fourth-order valence-corrected chi connectivity index (χ4v) is 3.27. The molecule has 1 aromatic heterocycles. The van der Waals surface area contributed by atoms with Crippen LogP contribution in [0.25, 0.3) is 0 Å². The van der Waals surface area contributed by atoms with Gasteiger partial charge in [0.05, 0.1) is 0 Å². The number of thioether (sulfide) groups is 1. The van der Waals surface area contributed by atoms with Gasteiger partial charge in [-0.05, 0) is 17.7 Å². The van der Waals surface area contributed by atoms with Gasteiger partial charge in [0.15, 0.2) is 5.16 Å². The van der Waals surface area contributed by atoms with E-state index in [-0.39, 0.29) is 30.7 Å². The molecule has 1 aliphatic heterocycles. The summed E-state index contributed by atoms with van der Waals surface area (Å²) in [6.45, 7) is 5.74. The molecule has 0 radical (unpaired) electrons. The number of H-pyrrole nitrogens is 1. The lowest BCUT2D eigenvalue weighted by Crippen LogP contribution is -2.46. The van der Waals surface area contributed by atoms with Gasteiger partial charge in [-0.25, -0.2) is 4.98 Å². The maximum absolute atomic E-state index is 12.2. The van der Waals surface area contributed by atoms with Gasteiger partial charge in [-0.1, -0.05) is 23.9 Å². The number of hydrogen-bond donors (Lipinski definition) is 3. The van der Waals surface area contributed by atoms with E-state index < -0.39 is 0 Å². The van der Waals surface area contributed by atoms with Crippen molar-refractivity contribution in [1.82, 2.24) is 30.7 Å². The van der Waals surface area contributed by atoms with E-state index in [9.17, 15) is 4.79 Å².